The van der Waals surface area contributed by atoms with Crippen molar-refractivity contribution in [2.75, 3.05) is 25.4 Å². The molecule has 0 radical (unpaired) electrons. The van der Waals surface area contributed by atoms with E-state index < -0.39 is 0 Å². The van der Waals surface area contributed by atoms with Crippen molar-refractivity contribution in [3.8, 4) is 0 Å². The second kappa shape index (κ2) is 6.96. The summed E-state index contributed by atoms with van der Waals surface area (Å²) in [6.45, 7) is 9.05. The third-order valence-electron chi connectivity index (χ3n) is 2.85. The zero-order chi connectivity index (χ0) is 13.5. The number of carbonyl (C=O) groups is 1. The summed E-state index contributed by atoms with van der Waals surface area (Å²) in [6.07, 6.45) is 1.49. The molecule has 1 unspecified atom stereocenters. The third-order valence-corrected chi connectivity index (χ3v) is 2.85. The van der Waals surface area contributed by atoms with Gasteiger partial charge < -0.3 is 16.0 Å². The molecule has 1 aromatic heterocycles. The first kappa shape index (κ1) is 14.4. The quantitative estimate of drug-likeness (QED) is 0.794. The Morgan fingerprint density at radius 1 is 1.44 bits per heavy atom. The molecular formula is C13H22N4O. The molecule has 100 valence electrons. The van der Waals surface area contributed by atoms with Gasteiger partial charge in [-0.15, -0.1) is 0 Å². The number of hydrogen-bond acceptors (Lipinski definition) is 4. The smallest absolute Gasteiger partial charge is 0.253 e. The van der Waals surface area contributed by atoms with Crippen LogP contribution in [0.5, 0.6) is 0 Å². The summed E-state index contributed by atoms with van der Waals surface area (Å²) >= 11 is 0. The minimum Gasteiger partial charge on any atom is -0.384 e. The van der Waals surface area contributed by atoms with Crippen LogP contribution in [0.4, 0.5) is 5.82 Å². The first-order valence-corrected chi connectivity index (χ1v) is 6.31. The van der Waals surface area contributed by atoms with Crippen molar-refractivity contribution in [2.24, 2.45) is 0 Å². The minimum atomic E-state index is -0.109. The lowest BCUT2D eigenvalue weighted by Crippen LogP contribution is -2.41. The Kier molecular flexibility index (Phi) is 5.58. The lowest BCUT2D eigenvalue weighted by atomic mass is 10.2. The van der Waals surface area contributed by atoms with Crippen molar-refractivity contribution >= 4 is 11.7 Å². The fourth-order valence-corrected chi connectivity index (χ4v) is 1.76. The summed E-state index contributed by atoms with van der Waals surface area (Å²) in [4.78, 5) is 18.1. The number of nitrogens with one attached hydrogen (secondary N) is 1. The Bertz CT molecular complexity index is 373. The molecule has 0 spiro atoms. The molecule has 0 saturated heterocycles. The highest BCUT2D eigenvalue weighted by molar-refractivity contribution is 5.94. The van der Waals surface area contributed by atoms with Crippen molar-refractivity contribution in [1.82, 2.24) is 15.2 Å². The predicted molar refractivity (Wildman–Crippen MR) is 73.4 cm³/mol. The van der Waals surface area contributed by atoms with E-state index in [0.717, 1.165) is 19.6 Å². The van der Waals surface area contributed by atoms with Gasteiger partial charge in [0.05, 0.1) is 5.56 Å². The highest BCUT2D eigenvalue weighted by atomic mass is 16.1. The van der Waals surface area contributed by atoms with Gasteiger partial charge in [-0.3, -0.25) is 4.79 Å². The number of carbonyl (C=O) groups excluding carboxylic acids is 1. The molecule has 0 aliphatic carbocycles. The van der Waals surface area contributed by atoms with Crippen molar-refractivity contribution in [3.63, 3.8) is 0 Å². The molecule has 1 rings (SSSR count). The molecule has 0 fully saturated rings. The lowest BCUT2D eigenvalue weighted by molar-refractivity contribution is 0.0930. The van der Waals surface area contributed by atoms with Gasteiger partial charge in [-0.2, -0.15) is 0 Å². The SMILES string of the molecule is CCN(CC)CC(C)NC(=O)c1ccc(N)nc1. The van der Waals surface area contributed by atoms with Crippen LogP contribution in [0.3, 0.4) is 0 Å². The number of anilines is 1. The summed E-state index contributed by atoms with van der Waals surface area (Å²) in [6, 6.07) is 3.42. The standard InChI is InChI=1S/C13H22N4O/c1-4-17(5-2)9-10(3)16-13(18)11-6-7-12(14)15-8-11/h6-8,10H,4-5,9H2,1-3H3,(H2,14,15)(H,16,18). The fraction of sp³-hybridized carbons (Fsp3) is 0.538. The molecule has 1 amide bonds. The molecular weight excluding hydrogens is 228 g/mol. The van der Waals surface area contributed by atoms with Gasteiger partial charge in [0.25, 0.3) is 5.91 Å². The van der Waals surface area contributed by atoms with Gasteiger partial charge in [-0.1, -0.05) is 13.8 Å². The molecule has 0 aliphatic heterocycles. The Morgan fingerprint density at radius 3 is 2.61 bits per heavy atom. The highest BCUT2D eigenvalue weighted by Crippen LogP contribution is 2.02. The van der Waals surface area contributed by atoms with E-state index in [4.69, 9.17) is 5.73 Å². The van der Waals surface area contributed by atoms with Crippen LogP contribution in [0, 0.1) is 0 Å². The largest absolute Gasteiger partial charge is 0.384 e. The summed E-state index contributed by atoms with van der Waals surface area (Å²) in [5.74, 6) is 0.310. The zero-order valence-electron chi connectivity index (χ0n) is 11.3. The molecule has 0 aromatic carbocycles. The number of amides is 1. The van der Waals surface area contributed by atoms with Crippen LogP contribution < -0.4 is 11.1 Å². The molecule has 18 heavy (non-hydrogen) atoms. The maximum atomic E-state index is 11.9. The Hall–Kier alpha value is -1.62. The summed E-state index contributed by atoms with van der Waals surface area (Å²) in [5.41, 5.74) is 6.02. The van der Waals surface area contributed by atoms with Crippen molar-refractivity contribution in [1.29, 1.82) is 0 Å². The number of rotatable bonds is 6. The van der Waals surface area contributed by atoms with Crippen molar-refractivity contribution in [2.45, 2.75) is 26.8 Å². The Morgan fingerprint density at radius 2 is 2.11 bits per heavy atom. The first-order chi connectivity index (χ1) is 8.56. The first-order valence-electron chi connectivity index (χ1n) is 6.31. The van der Waals surface area contributed by atoms with Crippen LogP contribution in [-0.4, -0.2) is 41.5 Å². The molecule has 5 nitrogen and oxygen atoms in total. The number of likely N-dealkylation sites (N-methyl/N-ethyl adjacent to an activating group) is 1. The fourth-order valence-electron chi connectivity index (χ4n) is 1.76. The number of nitrogens with zero attached hydrogens (tertiary/aromatic N) is 2. The minimum absolute atomic E-state index is 0.106. The van der Waals surface area contributed by atoms with E-state index in [-0.39, 0.29) is 11.9 Å². The summed E-state index contributed by atoms with van der Waals surface area (Å²) < 4.78 is 0. The van der Waals surface area contributed by atoms with Crippen LogP contribution in [0.15, 0.2) is 18.3 Å². The van der Waals surface area contributed by atoms with E-state index in [9.17, 15) is 4.79 Å². The lowest BCUT2D eigenvalue weighted by Gasteiger charge is -2.23. The normalized spacial score (nSPS) is 12.4. The number of pyridine rings is 1. The summed E-state index contributed by atoms with van der Waals surface area (Å²) in [7, 11) is 0. The number of hydrogen-bond donors (Lipinski definition) is 2. The van der Waals surface area contributed by atoms with Crippen LogP contribution in [0.1, 0.15) is 31.1 Å². The van der Waals surface area contributed by atoms with Crippen molar-refractivity contribution < 1.29 is 4.79 Å². The second-order valence-electron chi connectivity index (χ2n) is 4.33. The molecule has 0 saturated carbocycles. The van der Waals surface area contributed by atoms with E-state index in [1.165, 1.54) is 6.20 Å². The molecule has 5 heteroatoms. The van der Waals surface area contributed by atoms with Crippen LogP contribution in [0.25, 0.3) is 0 Å². The van der Waals surface area contributed by atoms with Gasteiger partial charge in [0, 0.05) is 18.8 Å². The maximum absolute atomic E-state index is 11.9. The van der Waals surface area contributed by atoms with Crippen LogP contribution in [0.2, 0.25) is 0 Å². The molecule has 0 aliphatic rings. The number of aromatic nitrogens is 1. The van der Waals surface area contributed by atoms with E-state index in [0.29, 0.717) is 11.4 Å². The molecule has 1 heterocycles. The Labute approximate surface area is 108 Å². The molecule has 1 aromatic rings. The maximum Gasteiger partial charge on any atom is 0.253 e. The summed E-state index contributed by atoms with van der Waals surface area (Å²) in [5, 5.41) is 2.95. The van der Waals surface area contributed by atoms with Crippen molar-refractivity contribution in [3.05, 3.63) is 23.9 Å². The van der Waals surface area contributed by atoms with Gasteiger partial charge in [-0.25, -0.2) is 4.98 Å². The topological polar surface area (TPSA) is 71.2 Å². The second-order valence-corrected chi connectivity index (χ2v) is 4.33. The van der Waals surface area contributed by atoms with Gasteiger partial charge in [0.2, 0.25) is 0 Å². The molecule has 3 N–H and O–H groups in total. The average molecular weight is 250 g/mol. The Balaban J connectivity index is 2.51. The van der Waals surface area contributed by atoms with Gasteiger partial charge >= 0.3 is 0 Å². The average Bonchev–Trinajstić information content (AvgIpc) is 2.36. The highest BCUT2D eigenvalue weighted by Gasteiger charge is 2.12. The van der Waals surface area contributed by atoms with E-state index in [2.05, 4.69) is 29.0 Å². The number of nitrogen functional groups attached to an aromatic ring is 1. The van der Waals surface area contributed by atoms with Crippen LogP contribution in [-0.2, 0) is 0 Å². The molecule has 0 bridgehead atoms. The monoisotopic (exact) mass is 250 g/mol. The van der Waals surface area contributed by atoms with Gasteiger partial charge in [-0.05, 0) is 32.1 Å². The zero-order valence-corrected chi connectivity index (χ0v) is 11.3. The number of nitrogens with two attached hydrogens (primary N) is 1. The van der Waals surface area contributed by atoms with Crippen LogP contribution >= 0.6 is 0 Å². The third kappa shape index (κ3) is 4.33. The van der Waals surface area contributed by atoms with E-state index in [1.807, 2.05) is 6.92 Å². The predicted octanol–water partition coefficient (Wildman–Crippen LogP) is 1.12. The van der Waals surface area contributed by atoms with E-state index >= 15 is 0 Å². The molecule has 1 atom stereocenters. The van der Waals surface area contributed by atoms with Gasteiger partial charge in [0.15, 0.2) is 0 Å². The van der Waals surface area contributed by atoms with E-state index in [1.54, 1.807) is 12.1 Å². The van der Waals surface area contributed by atoms with Gasteiger partial charge in [0.1, 0.15) is 5.82 Å².